The van der Waals surface area contributed by atoms with Gasteiger partial charge in [-0.05, 0) is 29.7 Å². The molecule has 6 nitrogen and oxygen atoms in total. The summed E-state index contributed by atoms with van der Waals surface area (Å²) in [5.41, 5.74) is 0.260. The van der Waals surface area contributed by atoms with Crippen LogP contribution in [0.1, 0.15) is 5.56 Å². The zero-order valence-corrected chi connectivity index (χ0v) is 13.5. The second-order valence-electron chi connectivity index (χ2n) is 5.04. The Morgan fingerprint density at radius 2 is 2.17 bits per heavy atom. The predicted octanol–water partition coefficient (Wildman–Crippen LogP) is 3.22. The highest BCUT2D eigenvalue weighted by molar-refractivity contribution is 8.16. The van der Waals surface area contributed by atoms with Gasteiger partial charge in [-0.25, -0.2) is 0 Å². The van der Waals surface area contributed by atoms with Crippen LogP contribution in [0.5, 0.6) is 0 Å². The Hall–Kier alpha value is -2.64. The van der Waals surface area contributed by atoms with E-state index in [9.17, 15) is 9.59 Å². The quantitative estimate of drug-likeness (QED) is 0.792. The van der Waals surface area contributed by atoms with Gasteiger partial charge in [-0.1, -0.05) is 23.4 Å². The van der Waals surface area contributed by atoms with Crippen molar-refractivity contribution in [3.8, 4) is 0 Å². The summed E-state index contributed by atoms with van der Waals surface area (Å²) >= 11 is 7.18. The van der Waals surface area contributed by atoms with E-state index in [2.05, 4.69) is 4.99 Å². The smallest absolute Gasteiger partial charge is 0.283 e. The van der Waals surface area contributed by atoms with Crippen LogP contribution >= 0.6 is 23.4 Å². The summed E-state index contributed by atoms with van der Waals surface area (Å²) < 4.78 is 5.42. The topological polar surface area (TPSA) is 86.7 Å². The monoisotopic (exact) mass is 357 g/mol. The van der Waals surface area contributed by atoms with Gasteiger partial charge in [0, 0.05) is 11.2 Å². The maximum absolute atomic E-state index is 12.6. The van der Waals surface area contributed by atoms with Crippen molar-refractivity contribution in [2.45, 2.75) is 0 Å². The Morgan fingerprint density at radius 1 is 1.33 bits per heavy atom. The molecule has 1 aromatic heterocycles. The molecule has 0 fully saturated rings. The molecule has 0 unspecified atom stereocenters. The first kappa shape index (κ1) is 14.9. The summed E-state index contributed by atoms with van der Waals surface area (Å²) in [5, 5.41) is 11.0. The van der Waals surface area contributed by atoms with E-state index in [-0.39, 0.29) is 22.4 Å². The number of carbonyl (C=O) groups excluding carboxylic acids is 1. The van der Waals surface area contributed by atoms with E-state index in [1.165, 1.54) is 35.1 Å². The second kappa shape index (κ2) is 5.47. The van der Waals surface area contributed by atoms with Crippen LogP contribution in [-0.2, 0) is 4.79 Å². The Labute approximate surface area is 144 Å². The van der Waals surface area contributed by atoms with Gasteiger partial charge < -0.3 is 4.42 Å². The molecular formula is C16H8ClN3O3S. The number of carbonyl (C=O) groups is 1. The van der Waals surface area contributed by atoms with Crippen molar-refractivity contribution in [3.05, 3.63) is 62.5 Å². The summed E-state index contributed by atoms with van der Waals surface area (Å²) in [6.45, 7) is 0. The molecular weight excluding hydrogens is 350 g/mol. The molecule has 0 aliphatic carbocycles. The van der Waals surface area contributed by atoms with Crippen molar-refractivity contribution in [1.82, 2.24) is 4.90 Å². The lowest BCUT2D eigenvalue weighted by Gasteiger charge is -2.22. The van der Waals surface area contributed by atoms with E-state index in [0.717, 1.165) is 0 Å². The molecule has 1 amide bonds. The SMILES string of the molecule is N=C1/C(=C/c2coc3ccc(Cl)cc3c2=O)C(=O)N=C2SC=CN12. The fourth-order valence-electron chi connectivity index (χ4n) is 2.40. The van der Waals surface area contributed by atoms with Crippen LogP contribution in [0.2, 0.25) is 5.02 Å². The average Bonchev–Trinajstić information content (AvgIpc) is 3.02. The van der Waals surface area contributed by atoms with Crippen molar-refractivity contribution in [1.29, 1.82) is 5.41 Å². The Balaban J connectivity index is 1.87. The minimum absolute atomic E-state index is 0.0274. The van der Waals surface area contributed by atoms with Gasteiger partial charge in [0.15, 0.2) is 10.6 Å². The van der Waals surface area contributed by atoms with Crippen molar-refractivity contribution < 1.29 is 9.21 Å². The molecule has 0 atom stereocenters. The van der Waals surface area contributed by atoms with E-state index in [0.29, 0.717) is 21.2 Å². The van der Waals surface area contributed by atoms with Crippen LogP contribution in [-0.4, -0.2) is 21.8 Å². The zero-order chi connectivity index (χ0) is 16.8. The number of halogens is 1. The number of amidine groups is 2. The first-order valence-corrected chi connectivity index (χ1v) is 8.07. The Morgan fingerprint density at radius 3 is 3.00 bits per heavy atom. The first-order valence-electron chi connectivity index (χ1n) is 6.82. The maximum Gasteiger partial charge on any atom is 0.283 e. The number of rotatable bonds is 1. The highest BCUT2D eigenvalue weighted by Crippen LogP contribution is 2.27. The van der Waals surface area contributed by atoms with Gasteiger partial charge in [-0.3, -0.25) is 19.9 Å². The standard InChI is InChI=1S/C16H8ClN3O3S/c17-9-1-2-12-10(6-9)13(21)8(7-23-12)5-11-14(18)20-3-4-24-16(20)19-15(11)22/h1-7,18H/b11-5-,18-14?. The summed E-state index contributed by atoms with van der Waals surface area (Å²) in [6, 6.07) is 4.74. The largest absolute Gasteiger partial charge is 0.463 e. The van der Waals surface area contributed by atoms with Crippen LogP contribution in [0, 0.1) is 5.41 Å². The number of benzene rings is 1. The third-order valence-electron chi connectivity index (χ3n) is 3.57. The molecule has 0 spiro atoms. The minimum atomic E-state index is -0.562. The average molecular weight is 358 g/mol. The molecule has 2 aliphatic heterocycles. The molecule has 0 saturated carbocycles. The highest BCUT2D eigenvalue weighted by Gasteiger charge is 2.31. The van der Waals surface area contributed by atoms with Crippen molar-refractivity contribution in [2.75, 3.05) is 0 Å². The molecule has 8 heteroatoms. The zero-order valence-electron chi connectivity index (χ0n) is 11.9. The van der Waals surface area contributed by atoms with Crippen molar-refractivity contribution >= 4 is 57.3 Å². The lowest BCUT2D eigenvalue weighted by atomic mass is 10.1. The van der Waals surface area contributed by atoms with Gasteiger partial charge in [-0.2, -0.15) is 4.99 Å². The number of hydrogen-bond donors (Lipinski definition) is 1. The molecule has 24 heavy (non-hydrogen) atoms. The molecule has 1 N–H and O–H groups in total. The molecule has 0 bridgehead atoms. The number of aliphatic imine (C=N–C) groups is 1. The Kier molecular flexibility index (Phi) is 3.40. The summed E-state index contributed by atoms with van der Waals surface area (Å²) in [6.07, 6.45) is 4.24. The van der Waals surface area contributed by atoms with Gasteiger partial charge >= 0.3 is 0 Å². The van der Waals surface area contributed by atoms with E-state index in [4.69, 9.17) is 21.4 Å². The number of thioether (sulfide) groups is 1. The second-order valence-corrected chi connectivity index (χ2v) is 6.35. The van der Waals surface area contributed by atoms with E-state index < -0.39 is 5.91 Å². The molecule has 1 aromatic carbocycles. The number of nitrogens with zero attached hydrogens (tertiary/aromatic N) is 2. The molecule has 2 aliphatic rings. The molecule has 0 radical (unpaired) electrons. The van der Waals surface area contributed by atoms with Crippen LogP contribution < -0.4 is 5.43 Å². The van der Waals surface area contributed by atoms with Crippen molar-refractivity contribution in [3.63, 3.8) is 0 Å². The molecule has 4 rings (SSSR count). The lowest BCUT2D eigenvalue weighted by molar-refractivity contribution is -0.114. The first-order chi connectivity index (χ1) is 11.5. The van der Waals surface area contributed by atoms with Gasteiger partial charge in [0.25, 0.3) is 5.91 Å². The summed E-state index contributed by atoms with van der Waals surface area (Å²) in [7, 11) is 0. The van der Waals surface area contributed by atoms with E-state index in [1.54, 1.807) is 23.7 Å². The number of fused-ring (bicyclic) bond motifs is 2. The predicted molar refractivity (Wildman–Crippen MR) is 94.2 cm³/mol. The maximum atomic E-state index is 12.6. The lowest BCUT2D eigenvalue weighted by Crippen LogP contribution is -2.35. The molecule has 2 aromatic rings. The third-order valence-corrected chi connectivity index (χ3v) is 4.57. The summed E-state index contributed by atoms with van der Waals surface area (Å²) in [4.78, 5) is 30.1. The number of nitrogens with one attached hydrogen (secondary N) is 1. The minimum Gasteiger partial charge on any atom is -0.463 e. The van der Waals surface area contributed by atoms with Gasteiger partial charge in [-0.15, -0.1) is 0 Å². The number of amides is 1. The van der Waals surface area contributed by atoms with E-state index >= 15 is 0 Å². The van der Waals surface area contributed by atoms with E-state index in [1.807, 2.05) is 0 Å². The fraction of sp³-hybridized carbons (Fsp3) is 0. The van der Waals surface area contributed by atoms with Crippen LogP contribution in [0.4, 0.5) is 0 Å². The molecule has 118 valence electrons. The van der Waals surface area contributed by atoms with Crippen LogP contribution in [0.15, 0.2) is 55.8 Å². The van der Waals surface area contributed by atoms with Gasteiger partial charge in [0.2, 0.25) is 0 Å². The summed E-state index contributed by atoms with van der Waals surface area (Å²) in [5.74, 6) is -0.593. The van der Waals surface area contributed by atoms with Gasteiger partial charge in [0.05, 0.1) is 16.5 Å². The van der Waals surface area contributed by atoms with Crippen molar-refractivity contribution in [2.24, 2.45) is 4.99 Å². The normalized spacial score (nSPS) is 18.5. The molecule has 3 heterocycles. The third kappa shape index (κ3) is 2.29. The van der Waals surface area contributed by atoms with Crippen LogP contribution in [0.25, 0.3) is 17.0 Å². The Bertz CT molecular complexity index is 1070. The van der Waals surface area contributed by atoms with Crippen LogP contribution in [0.3, 0.4) is 0 Å². The van der Waals surface area contributed by atoms with Gasteiger partial charge in [0.1, 0.15) is 17.7 Å². The highest BCUT2D eigenvalue weighted by atomic mass is 35.5. The fourth-order valence-corrected chi connectivity index (χ4v) is 3.28. The number of hydrogen-bond acceptors (Lipinski definition) is 5. The molecule has 0 saturated heterocycles.